The van der Waals surface area contributed by atoms with Crippen LogP contribution in [0.2, 0.25) is 0 Å². The summed E-state index contributed by atoms with van der Waals surface area (Å²) in [7, 11) is 1.77. The summed E-state index contributed by atoms with van der Waals surface area (Å²) in [6.45, 7) is 5.79. The van der Waals surface area contributed by atoms with Crippen molar-refractivity contribution in [1.29, 1.82) is 0 Å². The number of likely N-dealkylation sites (N-methyl/N-ethyl adjacent to an activating group) is 1. The van der Waals surface area contributed by atoms with Gasteiger partial charge in [-0.3, -0.25) is 4.79 Å². The SMILES string of the molecule is CNC(C(=O)Nc1cnc(C)nc1)C(C)C. The molecule has 0 saturated carbocycles. The number of carbonyl (C=O) groups is 1. The maximum atomic E-state index is 11.8. The lowest BCUT2D eigenvalue weighted by Gasteiger charge is -2.19. The maximum absolute atomic E-state index is 11.8. The van der Waals surface area contributed by atoms with Crippen LogP contribution in [-0.4, -0.2) is 29.0 Å². The van der Waals surface area contributed by atoms with Gasteiger partial charge in [0.05, 0.1) is 24.1 Å². The van der Waals surface area contributed by atoms with Crippen molar-refractivity contribution in [3.05, 3.63) is 18.2 Å². The van der Waals surface area contributed by atoms with Gasteiger partial charge in [-0.25, -0.2) is 9.97 Å². The van der Waals surface area contributed by atoms with Gasteiger partial charge in [-0.15, -0.1) is 0 Å². The van der Waals surface area contributed by atoms with Crippen molar-refractivity contribution in [2.45, 2.75) is 26.8 Å². The lowest BCUT2D eigenvalue weighted by Crippen LogP contribution is -2.42. The molecule has 0 fully saturated rings. The molecule has 1 unspecified atom stereocenters. The van der Waals surface area contributed by atoms with E-state index in [1.165, 1.54) is 0 Å². The Balaban J connectivity index is 2.66. The summed E-state index contributed by atoms with van der Waals surface area (Å²) in [5.74, 6) is 0.855. The van der Waals surface area contributed by atoms with Crippen molar-refractivity contribution in [1.82, 2.24) is 15.3 Å². The minimum atomic E-state index is -0.207. The summed E-state index contributed by atoms with van der Waals surface area (Å²) in [4.78, 5) is 19.9. The van der Waals surface area contributed by atoms with Gasteiger partial charge in [-0.1, -0.05) is 13.8 Å². The van der Waals surface area contributed by atoms with E-state index >= 15 is 0 Å². The number of nitrogens with zero attached hydrogens (tertiary/aromatic N) is 2. The van der Waals surface area contributed by atoms with E-state index in [-0.39, 0.29) is 17.9 Å². The minimum absolute atomic E-state index is 0.0649. The molecular formula is C11H18N4O. The van der Waals surface area contributed by atoms with E-state index in [1.54, 1.807) is 26.4 Å². The molecule has 1 aromatic rings. The molecule has 16 heavy (non-hydrogen) atoms. The van der Waals surface area contributed by atoms with E-state index in [1.807, 2.05) is 13.8 Å². The topological polar surface area (TPSA) is 66.9 Å². The predicted molar refractivity (Wildman–Crippen MR) is 63.1 cm³/mol. The number of amides is 1. The Bertz CT molecular complexity index is 348. The average molecular weight is 222 g/mol. The lowest BCUT2D eigenvalue weighted by atomic mass is 10.0. The van der Waals surface area contributed by atoms with Gasteiger partial charge < -0.3 is 10.6 Å². The zero-order valence-electron chi connectivity index (χ0n) is 10.1. The number of aryl methyl sites for hydroxylation is 1. The molecular weight excluding hydrogens is 204 g/mol. The van der Waals surface area contributed by atoms with Gasteiger partial charge in [0.25, 0.3) is 0 Å². The minimum Gasteiger partial charge on any atom is -0.322 e. The first-order valence-corrected chi connectivity index (χ1v) is 5.31. The number of rotatable bonds is 4. The van der Waals surface area contributed by atoms with Crippen molar-refractivity contribution >= 4 is 11.6 Å². The van der Waals surface area contributed by atoms with Gasteiger partial charge in [0.2, 0.25) is 5.91 Å². The van der Waals surface area contributed by atoms with E-state index in [9.17, 15) is 4.79 Å². The second-order valence-corrected chi connectivity index (χ2v) is 4.02. The van der Waals surface area contributed by atoms with Crippen LogP contribution in [0.3, 0.4) is 0 Å². The first-order chi connectivity index (χ1) is 7.54. The first kappa shape index (κ1) is 12.6. The Labute approximate surface area is 95.7 Å². The summed E-state index contributed by atoms with van der Waals surface area (Å²) in [5, 5.41) is 5.76. The highest BCUT2D eigenvalue weighted by molar-refractivity contribution is 5.94. The van der Waals surface area contributed by atoms with E-state index in [0.29, 0.717) is 11.5 Å². The monoisotopic (exact) mass is 222 g/mol. The molecule has 5 nitrogen and oxygen atoms in total. The van der Waals surface area contributed by atoms with E-state index in [4.69, 9.17) is 0 Å². The van der Waals surface area contributed by atoms with Crippen LogP contribution in [0.4, 0.5) is 5.69 Å². The summed E-state index contributed by atoms with van der Waals surface area (Å²) in [6, 6.07) is -0.207. The van der Waals surface area contributed by atoms with Crippen LogP contribution in [-0.2, 0) is 4.79 Å². The number of aromatic nitrogens is 2. The summed E-state index contributed by atoms with van der Waals surface area (Å²) in [6.07, 6.45) is 3.21. The fourth-order valence-electron chi connectivity index (χ4n) is 1.44. The van der Waals surface area contributed by atoms with Crippen molar-refractivity contribution in [2.75, 3.05) is 12.4 Å². The highest BCUT2D eigenvalue weighted by Gasteiger charge is 2.19. The van der Waals surface area contributed by atoms with Crippen LogP contribution >= 0.6 is 0 Å². The quantitative estimate of drug-likeness (QED) is 0.796. The van der Waals surface area contributed by atoms with Crippen LogP contribution in [0, 0.1) is 12.8 Å². The fourth-order valence-corrected chi connectivity index (χ4v) is 1.44. The first-order valence-electron chi connectivity index (χ1n) is 5.31. The Morgan fingerprint density at radius 2 is 1.88 bits per heavy atom. The standard InChI is InChI=1S/C11H18N4O/c1-7(2)10(12-4)11(16)15-9-5-13-8(3)14-6-9/h5-7,10,12H,1-4H3,(H,15,16). The fraction of sp³-hybridized carbons (Fsp3) is 0.545. The van der Waals surface area contributed by atoms with Gasteiger partial charge in [0, 0.05) is 0 Å². The number of hydrogen-bond donors (Lipinski definition) is 2. The molecule has 0 aliphatic rings. The largest absolute Gasteiger partial charge is 0.322 e. The summed E-state index contributed by atoms with van der Waals surface area (Å²) < 4.78 is 0. The lowest BCUT2D eigenvalue weighted by molar-refractivity contribution is -0.118. The van der Waals surface area contributed by atoms with E-state index < -0.39 is 0 Å². The van der Waals surface area contributed by atoms with Crippen molar-refractivity contribution < 1.29 is 4.79 Å². The second kappa shape index (κ2) is 5.55. The Morgan fingerprint density at radius 3 is 2.31 bits per heavy atom. The van der Waals surface area contributed by atoms with Gasteiger partial charge in [-0.05, 0) is 19.9 Å². The molecule has 88 valence electrons. The van der Waals surface area contributed by atoms with Crippen LogP contribution < -0.4 is 10.6 Å². The van der Waals surface area contributed by atoms with Gasteiger partial charge in [0.15, 0.2) is 0 Å². The van der Waals surface area contributed by atoms with Gasteiger partial charge >= 0.3 is 0 Å². The van der Waals surface area contributed by atoms with Crippen LogP contribution in [0.5, 0.6) is 0 Å². The number of nitrogens with one attached hydrogen (secondary N) is 2. The average Bonchev–Trinajstić information content (AvgIpc) is 2.22. The molecule has 1 aromatic heterocycles. The molecule has 0 spiro atoms. The molecule has 0 bridgehead atoms. The van der Waals surface area contributed by atoms with Crippen LogP contribution in [0.15, 0.2) is 12.4 Å². The Kier molecular flexibility index (Phi) is 4.37. The zero-order chi connectivity index (χ0) is 12.1. The molecule has 1 rings (SSSR count). The highest BCUT2D eigenvalue weighted by Crippen LogP contribution is 2.07. The molecule has 0 aromatic carbocycles. The molecule has 0 saturated heterocycles. The van der Waals surface area contributed by atoms with E-state index in [0.717, 1.165) is 0 Å². The number of carbonyl (C=O) groups excluding carboxylic acids is 1. The van der Waals surface area contributed by atoms with Crippen molar-refractivity contribution in [2.24, 2.45) is 5.92 Å². The zero-order valence-corrected chi connectivity index (χ0v) is 10.1. The molecule has 1 atom stereocenters. The smallest absolute Gasteiger partial charge is 0.241 e. The number of hydrogen-bond acceptors (Lipinski definition) is 4. The van der Waals surface area contributed by atoms with Gasteiger partial charge in [-0.2, -0.15) is 0 Å². The highest BCUT2D eigenvalue weighted by atomic mass is 16.2. The third kappa shape index (κ3) is 3.27. The summed E-state index contributed by atoms with van der Waals surface area (Å²) in [5.41, 5.74) is 0.622. The molecule has 5 heteroatoms. The van der Waals surface area contributed by atoms with Crippen LogP contribution in [0.25, 0.3) is 0 Å². The summed E-state index contributed by atoms with van der Waals surface area (Å²) >= 11 is 0. The molecule has 0 aliphatic carbocycles. The predicted octanol–water partition coefficient (Wildman–Crippen LogP) is 0.968. The Hall–Kier alpha value is -1.49. The van der Waals surface area contributed by atoms with Crippen LogP contribution in [0.1, 0.15) is 19.7 Å². The number of anilines is 1. The van der Waals surface area contributed by atoms with Crippen molar-refractivity contribution in [3.63, 3.8) is 0 Å². The molecule has 2 N–H and O–H groups in total. The molecule has 1 amide bonds. The van der Waals surface area contributed by atoms with Crippen molar-refractivity contribution in [3.8, 4) is 0 Å². The second-order valence-electron chi connectivity index (χ2n) is 4.02. The normalized spacial score (nSPS) is 12.6. The maximum Gasteiger partial charge on any atom is 0.241 e. The molecule has 0 aliphatic heterocycles. The third-order valence-corrected chi connectivity index (χ3v) is 2.31. The van der Waals surface area contributed by atoms with E-state index in [2.05, 4.69) is 20.6 Å². The Morgan fingerprint density at radius 1 is 1.31 bits per heavy atom. The molecule has 1 heterocycles. The third-order valence-electron chi connectivity index (χ3n) is 2.31. The van der Waals surface area contributed by atoms with Gasteiger partial charge in [0.1, 0.15) is 5.82 Å². The molecule has 0 radical (unpaired) electrons.